The van der Waals surface area contributed by atoms with Crippen molar-refractivity contribution in [3.63, 3.8) is 0 Å². The number of hydrogen-bond acceptors (Lipinski definition) is 2. The van der Waals surface area contributed by atoms with Crippen LogP contribution >= 0.6 is 0 Å². The van der Waals surface area contributed by atoms with Gasteiger partial charge in [-0.25, -0.2) is 9.97 Å². The van der Waals surface area contributed by atoms with Crippen molar-refractivity contribution in [3.8, 4) is 11.5 Å². The van der Waals surface area contributed by atoms with Gasteiger partial charge in [-0.1, -0.05) is 0 Å². The van der Waals surface area contributed by atoms with Crippen LogP contribution in [0.2, 0.25) is 0 Å². The third-order valence-electron chi connectivity index (χ3n) is 1.13. The Bertz CT molecular complexity index is 248. The fourth-order valence-corrected chi connectivity index (χ4v) is 0.722. The number of H-pyrrole nitrogens is 1. The first-order valence-corrected chi connectivity index (χ1v) is 2.63. The van der Waals surface area contributed by atoms with Gasteiger partial charge in [0.25, 0.3) is 0 Å². The Labute approximate surface area is 52.1 Å². The molecular weight excluding hydrogens is 114 g/mol. The van der Waals surface area contributed by atoms with Crippen LogP contribution in [-0.2, 0) is 0 Å². The predicted octanol–water partition coefficient (Wildman–Crippen LogP) is 0.710. The van der Waals surface area contributed by atoms with E-state index in [0.29, 0.717) is 0 Å². The first-order chi connectivity index (χ1) is 4.47. The fourth-order valence-electron chi connectivity index (χ4n) is 0.722. The Balaban J connectivity index is 2.79. The Morgan fingerprint density at radius 2 is 2.56 bits per heavy atom. The van der Waals surface area contributed by atoms with E-state index in [1.807, 2.05) is 0 Å². The topological polar surface area (TPSA) is 41.6 Å². The molecule has 2 heterocycles. The zero-order chi connectivity index (χ0) is 6.10. The number of aromatic amines is 1. The SMILES string of the molecule is [c]1cc2[nH]ccnc-2n1. The van der Waals surface area contributed by atoms with E-state index >= 15 is 0 Å². The highest BCUT2D eigenvalue weighted by atomic mass is 14.9. The molecule has 1 radical (unpaired) electrons. The zero-order valence-electron chi connectivity index (χ0n) is 4.63. The highest BCUT2D eigenvalue weighted by molar-refractivity contribution is 5.49. The average Bonchev–Trinajstić information content (AvgIpc) is 2.33. The summed E-state index contributed by atoms with van der Waals surface area (Å²) in [4.78, 5) is 10.8. The monoisotopic (exact) mass is 118 g/mol. The molecule has 9 heavy (non-hydrogen) atoms. The maximum atomic E-state index is 3.97. The van der Waals surface area contributed by atoms with Crippen molar-refractivity contribution in [2.45, 2.75) is 0 Å². The zero-order valence-corrected chi connectivity index (χ0v) is 4.63. The standard InChI is InChI=1S/C6H4N3/c1-2-8-6-5(1)7-3-4-9-6/h1,3-4,7H. The van der Waals surface area contributed by atoms with Crippen LogP contribution in [0.25, 0.3) is 11.5 Å². The van der Waals surface area contributed by atoms with E-state index in [1.165, 1.54) is 0 Å². The summed E-state index contributed by atoms with van der Waals surface area (Å²) in [6.45, 7) is 0. The third-order valence-corrected chi connectivity index (χ3v) is 1.13. The summed E-state index contributed by atoms with van der Waals surface area (Å²) in [6, 6.07) is 1.77. The third kappa shape index (κ3) is 0.579. The van der Waals surface area contributed by atoms with Gasteiger partial charge in [-0.05, 0) is 6.07 Å². The number of hydrogen-bond donors (Lipinski definition) is 1. The molecule has 0 fully saturated rings. The molecule has 1 N–H and O–H groups in total. The molecule has 0 amide bonds. The molecular formula is C6H4N3. The second-order valence-corrected chi connectivity index (χ2v) is 1.71. The average molecular weight is 118 g/mol. The Morgan fingerprint density at radius 1 is 1.56 bits per heavy atom. The van der Waals surface area contributed by atoms with Crippen LogP contribution in [-0.4, -0.2) is 15.0 Å². The smallest absolute Gasteiger partial charge is 0.176 e. The molecule has 3 heteroatoms. The molecule has 0 saturated carbocycles. The molecule has 3 nitrogen and oxygen atoms in total. The van der Waals surface area contributed by atoms with Crippen molar-refractivity contribution < 1.29 is 0 Å². The molecule has 0 aromatic carbocycles. The first-order valence-electron chi connectivity index (χ1n) is 2.63. The first kappa shape index (κ1) is 4.49. The predicted molar refractivity (Wildman–Crippen MR) is 31.8 cm³/mol. The quantitative estimate of drug-likeness (QED) is 0.553. The van der Waals surface area contributed by atoms with E-state index in [9.17, 15) is 0 Å². The highest BCUT2D eigenvalue weighted by Gasteiger charge is 2.00. The summed E-state index contributed by atoms with van der Waals surface area (Å²) in [7, 11) is 0. The Hall–Kier alpha value is -1.38. The van der Waals surface area contributed by atoms with Gasteiger partial charge in [0.05, 0.1) is 11.9 Å². The van der Waals surface area contributed by atoms with E-state index < -0.39 is 0 Å². The summed E-state index contributed by atoms with van der Waals surface area (Å²) in [5.41, 5.74) is 0.928. The van der Waals surface area contributed by atoms with Gasteiger partial charge in [0.15, 0.2) is 5.82 Å². The van der Waals surface area contributed by atoms with Gasteiger partial charge in [-0.2, -0.15) is 0 Å². The number of rotatable bonds is 0. The van der Waals surface area contributed by atoms with E-state index in [2.05, 4.69) is 21.1 Å². The van der Waals surface area contributed by atoms with Crippen molar-refractivity contribution in [2.24, 2.45) is 0 Å². The summed E-state index contributed by atoms with van der Waals surface area (Å²) in [6.07, 6.45) is 6.13. The van der Waals surface area contributed by atoms with Gasteiger partial charge in [0.1, 0.15) is 0 Å². The normalized spacial score (nSPS) is 10.2. The van der Waals surface area contributed by atoms with Gasteiger partial charge < -0.3 is 4.98 Å². The van der Waals surface area contributed by atoms with Gasteiger partial charge in [-0.15, -0.1) is 0 Å². The van der Waals surface area contributed by atoms with Crippen molar-refractivity contribution in [1.82, 2.24) is 15.0 Å². The Morgan fingerprint density at radius 3 is 3.44 bits per heavy atom. The molecule has 0 aromatic rings. The molecule has 0 unspecified atom stereocenters. The lowest BCUT2D eigenvalue weighted by molar-refractivity contribution is 1.16. The van der Waals surface area contributed by atoms with E-state index in [4.69, 9.17) is 0 Å². The molecule has 0 saturated heterocycles. The molecule has 0 aromatic heterocycles. The van der Waals surface area contributed by atoms with Crippen LogP contribution in [0.3, 0.4) is 0 Å². The number of fused-ring (bicyclic) bond motifs is 1. The molecule has 2 rings (SSSR count). The number of nitrogens with one attached hydrogen (secondary N) is 1. The molecule has 43 valence electrons. The van der Waals surface area contributed by atoms with Crippen molar-refractivity contribution in [1.29, 1.82) is 0 Å². The Kier molecular flexibility index (Phi) is 0.773. The number of nitrogens with zero attached hydrogens (tertiary/aromatic N) is 2. The van der Waals surface area contributed by atoms with Crippen LogP contribution in [0.1, 0.15) is 0 Å². The largest absolute Gasteiger partial charge is 0.357 e. The second kappa shape index (κ2) is 1.55. The summed E-state index contributed by atoms with van der Waals surface area (Å²) < 4.78 is 0. The highest BCUT2D eigenvalue weighted by Crippen LogP contribution is 2.09. The van der Waals surface area contributed by atoms with Crippen LogP contribution in [0.15, 0.2) is 18.5 Å². The van der Waals surface area contributed by atoms with Crippen LogP contribution < -0.4 is 0 Å². The number of aromatic nitrogens is 3. The van der Waals surface area contributed by atoms with Gasteiger partial charge in [-0.3, -0.25) is 0 Å². The molecule has 0 spiro atoms. The van der Waals surface area contributed by atoms with Gasteiger partial charge in [0.2, 0.25) is 0 Å². The van der Waals surface area contributed by atoms with Gasteiger partial charge in [0, 0.05) is 12.4 Å². The molecule has 2 aliphatic rings. The van der Waals surface area contributed by atoms with Crippen LogP contribution in [0, 0.1) is 6.20 Å². The molecule has 0 bridgehead atoms. The molecule has 0 atom stereocenters. The summed E-state index contributed by atoms with van der Waals surface area (Å²) in [5, 5.41) is 0. The minimum absolute atomic E-state index is 0.720. The summed E-state index contributed by atoms with van der Waals surface area (Å²) >= 11 is 0. The molecule has 2 aliphatic heterocycles. The van der Waals surface area contributed by atoms with E-state index in [0.717, 1.165) is 11.5 Å². The van der Waals surface area contributed by atoms with Gasteiger partial charge >= 0.3 is 0 Å². The van der Waals surface area contributed by atoms with E-state index in [1.54, 1.807) is 18.5 Å². The minimum Gasteiger partial charge on any atom is -0.357 e. The lowest BCUT2D eigenvalue weighted by Gasteiger charge is -1.90. The molecule has 0 aliphatic carbocycles. The van der Waals surface area contributed by atoms with Crippen LogP contribution in [0.4, 0.5) is 0 Å². The fraction of sp³-hybridized carbons (Fsp3) is 0. The second-order valence-electron chi connectivity index (χ2n) is 1.71. The maximum absolute atomic E-state index is 3.97. The lowest BCUT2D eigenvalue weighted by atomic mass is 10.4. The van der Waals surface area contributed by atoms with Crippen molar-refractivity contribution in [2.75, 3.05) is 0 Å². The van der Waals surface area contributed by atoms with Crippen molar-refractivity contribution in [3.05, 3.63) is 24.7 Å². The van der Waals surface area contributed by atoms with Crippen LogP contribution in [0.5, 0.6) is 0 Å². The maximum Gasteiger partial charge on any atom is 0.176 e. The minimum atomic E-state index is 0.720. The summed E-state index contributed by atoms with van der Waals surface area (Å²) in [5.74, 6) is 0.720. The lowest BCUT2D eigenvalue weighted by Crippen LogP contribution is -1.83. The van der Waals surface area contributed by atoms with Crippen molar-refractivity contribution >= 4 is 0 Å². The van der Waals surface area contributed by atoms with E-state index in [-0.39, 0.29) is 0 Å².